The number of rotatable bonds is 5. The van der Waals surface area contributed by atoms with Crippen LogP contribution in [0, 0.1) is 5.92 Å². The molecule has 1 aliphatic carbocycles. The number of carboxylic acids is 1. The van der Waals surface area contributed by atoms with Gasteiger partial charge in [0.15, 0.2) is 0 Å². The number of carboxylic acid groups (broad SMARTS) is 1. The van der Waals surface area contributed by atoms with Gasteiger partial charge in [0.2, 0.25) is 5.91 Å². The van der Waals surface area contributed by atoms with E-state index >= 15 is 0 Å². The fraction of sp³-hybridized carbons (Fsp3) is 0.222. The number of nitrogens with one attached hydrogen (secondary N) is 1. The number of fused-ring (bicyclic) bond motifs is 4. The van der Waals surface area contributed by atoms with Gasteiger partial charge in [0.05, 0.1) is 5.92 Å². The molecular formula is C27H24N2O5. The molecule has 1 unspecified atom stereocenters. The molecule has 7 heteroatoms. The number of para-hydroxylation sites is 1. The number of ether oxygens (including phenoxy) is 1. The molecule has 3 aromatic rings. The van der Waals surface area contributed by atoms with Crippen molar-refractivity contribution in [1.82, 2.24) is 5.32 Å². The van der Waals surface area contributed by atoms with Crippen molar-refractivity contribution < 1.29 is 24.2 Å². The monoisotopic (exact) mass is 456 g/mol. The Morgan fingerprint density at radius 3 is 2.21 bits per heavy atom. The van der Waals surface area contributed by atoms with Crippen LogP contribution in [0.2, 0.25) is 0 Å². The number of benzene rings is 3. The molecule has 1 heterocycles. The highest BCUT2D eigenvalue weighted by molar-refractivity contribution is 5.98. The average molecular weight is 456 g/mol. The summed E-state index contributed by atoms with van der Waals surface area (Å²) < 4.78 is 5.49. The van der Waals surface area contributed by atoms with E-state index in [2.05, 4.69) is 17.4 Å². The Morgan fingerprint density at radius 1 is 0.912 bits per heavy atom. The van der Waals surface area contributed by atoms with Crippen LogP contribution < -0.4 is 10.2 Å². The second-order valence-corrected chi connectivity index (χ2v) is 8.55. The molecule has 5 rings (SSSR count). The molecule has 0 saturated heterocycles. The van der Waals surface area contributed by atoms with E-state index in [0.717, 1.165) is 27.8 Å². The first-order valence-corrected chi connectivity index (χ1v) is 11.2. The van der Waals surface area contributed by atoms with E-state index in [9.17, 15) is 19.5 Å². The number of nitrogens with zero attached hydrogens (tertiary/aromatic N) is 1. The number of carbonyl (C=O) groups excluding carboxylic acids is 2. The van der Waals surface area contributed by atoms with Crippen molar-refractivity contribution in [2.75, 3.05) is 24.6 Å². The third kappa shape index (κ3) is 4.01. The summed E-state index contributed by atoms with van der Waals surface area (Å²) in [6, 6.07) is 23.4. The lowest BCUT2D eigenvalue weighted by molar-refractivity contribution is -0.141. The van der Waals surface area contributed by atoms with Crippen LogP contribution in [0.25, 0.3) is 11.1 Å². The van der Waals surface area contributed by atoms with Crippen LogP contribution in [-0.2, 0) is 20.7 Å². The summed E-state index contributed by atoms with van der Waals surface area (Å²) in [7, 11) is 0. The minimum atomic E-state index is -0.947. The molecule has 0 saturated carbocycles. The van der Waals surface area contributed by atoms with Gasteiger partial charge < -0.3 is 20.1 Å². The zero-order chi connectivity index (χ0) is 23.7. The van der Waals surface area contributed by atoms with Gasteiger partial charge in [-0.15, -0.1) is 0 Å². The topological polar surface area (TPSA) is 95.9 Å². The van der Waals surface area contributed by atoms with E-state index in [1.165, 1.54) is 4.90 Å². The Morgan fingerprint density at radius 2 is 1.53 bits per heavy atom. The fourth-order valence-corrected chi connectivity index (χ4v) is 4.89. The predicted octanol–water partition coefficient (Wildman–Crippen LogP) is 3.82. The van der Waals surface area contributed by atoms with Gasteiger partial charge in [-0.05, 0) is 40.3 Å². The van der Waals surface area contributed by atoms with Gasteiger partial charge in [-0.3, -0.25) is 9.59 Å². The summed E-state index contributed by atoms with van der Waals surface area (Å²) in [5.41, 5.74) is 5.97. The van der Waals surface area contributed by atoms with Crippen molar-refractivity contribution in [3.8, 4) is 11.1 Å². The minimum absolute atomic E-state index is 0.0670. The van der Waals surface area contributed by atoms with Gasteiger partial charge >= 0.3 is 12.1 Å². The Hall–Kier alpha value is -4.13. The SMILES string of the molecule is O=C(NCC(=O)N1CC(C(=O)O)Cc2ccccc21)OCC1c2ccccc2-c2ccccc21. The largest absolute Gasteiger partial charge is 0.481 e. The summed E-state index contributed by atoms with van der Waals surface area (Å²) in [5.74, 6) is -2.09. The summed E-state index contributed by atoms with van der Waals surface area (Å²) in [6.07, 6.45) is -0.315. The van der Waals surface area contributed by atoms with Gasteiger partial charge in [0.25, 0.3) is 0 Å². The third-order valence-electron chi connectivity index (χ3n) is 6.53. The van der Waals surface area contributed by atoms with Crippen molar-refractivity contribution in [2.24, 2.45) is 5.92 Å². The highest BCUT2D eigenvalue weighted by Crippen LogP contribution is 2.44. The molecule has 2 aliphatic rings. The third-order valence-corrected chi connectivity index (χ3v) is 6.53. The molecule has 2 N–H and O–H groups in total. The molecule has 34 heavy (non-hydrogen) atoms. The van der Waals surface area contributed by atoms with E-state index in [1.54, 1.807) is 12.1 Å². The maximum absolute atomic E-state index is 12.9. The van der Waals surface area contributed by atoms with Crippen molar-refractivity contribution in [1.29, 1.82) is 0 Å². The Labute approximate surface area is 197 Å². The first kappa shape index (κ1) is 21.7. The standard InChI is InChI=1S/C27H24N2O5/c30-25(29-15-18(26(31)32)13-17-7-1-6-12-24(17)29)14-28-27(33)34-16-23-21-10-4-2-8-19(21)20-9-3-5-11-22(20)23/h1-12,18,23H,13-16H2,(H,28,33)(H,31,32). The number of amides is 2. The van der Waals surface area contributed by atoms with E-state index < -0.39 is 18.0 Å². The van der Waals surface area contributed by atoms with Gasteiger partial charge in [0.1, 0.15) is 13.2 Å². The molecule has 0 fully saturated rings. The van der Waals surface area contributed by atoms with Crippen LogP contribution in [0.1, 0.15) is 22.6 Å². The predicted molar refractivity (Wildman–Crippen MR) is 127 cm³/mol. The highest BCUT2D eigenvalue weighted by Gasteiger charge is 2.32. The van der Waals surface area contributed by atoms with Crippen LogP contribution in [0.4, 0.5) is 10.5 Å². The van der Waals surface area contributed by atoms with E-state index in [0.29, 0.717) is 12.1 Å². The van der Waals surface area contributed by atoms with E-state index in [-0.39, 0.29) is 31.5 Å². The zero-order valence-electron chi connectivity index (χ0n) is 18.4. The van der Waals surface area contributed by atoms with Crippen molar-refractivity contribution >= 4 is 23.7 Å². The average Bonchev–Trinajstić information content (AvgIpc) is 3.19. The van der Waals surface area contributed by atoms with Gasteiger partial charge in [-0.1, -0.05) is 66.7 Å². The van der Waals surface area contributed by atoms with Crippen molar-refractivity contribution in [2.45, 2.75) is 12.3 Å². The number of anilines is 1. The molecule has 172 valence electrons. The molecule has 0 bridgehead atoms. The second kappa shape index (κ2) is 9.02. The zero-order valence-corrected chi connectivity index (χ0v) is 18.4. The summed E-state index contributed by atoms with van der Waals surface area (Å²) in [6.45, 7) is -0.0589. The summed E-state index contributed by atoms with van der Waals surface area (Å²) in [5, 5.41) is 12.0. The van der Waals surface area contributed by atoms with Gasteiger partial charge in [0, 0.05) is 18.2 Å². The van der Waals surface area contributed by atoms with Gasteiger partial charge in [-0.25, -0.2) is 4.79 Å². The molecule has 7 nitrogen and oxygen atoms in total. The van der Waals surface area contributed by atoms with Crippen LogP contribution in [-0.4, -0.2) is 42.8 Å². The van der Waals surface area contributed by atoms with Crippen LogP contribution in [0.15, 0.2) is 72.8 Å². The fourth-order valence-electron chi connectivity index (χ4n) is 4.89. The number of aliphatic carboxylic acids is 1. The summed E-state index contributed by atoms with van der Waals surface area (Å²) >= 11 is 0. The van der Waals surface area contributed by atoms with Crippen molar-refractivity contribution in [3.63, 3.8) is 0 Å². The first-order chi connectivity index (χ1) is 16.5. The molecular weight excluding hydrogens is 432 g/mol. The highest BCUT2D eigenvalue weighted by atomic mass is 16.5. The summed E-state index contributed by atoms with van der Waals surface area (Å²) in [4.78, 5) is 38.3. The Kier molecular flexibility index (Phi) is 5.76. The Balaban J connectivity index is 1.22. The molecule has 2 amide bonds. The molecule has 0 aromatic heterocycles. The van der Waals surface area contributed by atoms with E-state index in [1.807, 2.05) is 48.5 Å². The lowest BCUT2D eigenvalue weighted by Crippen LogP contribution is -2.46. The van der Waals surface area contributed by atoms with Gasteiger partial charge in [-0.2, -0.15) is 0 Å². The molecule has 3 aromatic carbocycles. The molecule has 0 radical (unpaired) electrons. The lowest BCUT2D eigenvalue weighted by atomic mass is 9.92. The molecule has 0 spiro atoms. The number of alkyl carbamates (subject to hydrolysis) is 1. The normalized spacial score (nSPS) is 16.2. The Bertz CT molecular complexity index is 1230. The van der Waals surface area contributed by atoms with Crippen LogP contribution in [0.5, 0.6) is 0 Å². The molecule has 1 aliphatic heterocycles. The maximum Gasteiger partial charge on any atom is 0.407 e. The smallest absolute Gasteiger partial charge is 0.407 e. The number of hydrogen-bond donors (Lipinski definition) is 2. The molecule has 1 atom stereocenters. The minimum Gasteiger partial charge on any atom is -0.481 e. The number of carbonyl (C=O) groups is 3. The lowest BCUT2D eigenvalue weighted by Gasteiger charge is -2.33. The number of hydrogen-bond acceptors (Lipinski definition) is 4. The van der Waals surface area contributed by atoms with Crippen LogP contribution >= 0.6 is 0 Å². The first-order valence-electron chi connectivity index (χ1n) is 11.2. The maximum atomic E-state index is 12.9. The second-order valence-electron chi connectivity index (χ2n) is 8.55. The van der Waals surface area contributed by atoms with Crippen molar-refractivity contribution in [3.05, 3.63) is 89.5 Å². The quantitative estimate of drug-likeness (QED) is 0.609. The van der Waals surface area contributed by atoms with Crippen LogP contribution in [0.3, 0.4) is 0 Å². The van der Waals surface area contributed by atoms with E-state index in [4.69, 9.17) is 4.74 Å².